The molecular weight excluding hydrogens is 248 g/mol. The van der Waals surface area contributed by atoms with Gasteiger partial charge in [0.15, 0.2) is 0 Å². The van der Waals surface area contributed by atoms with Crippen molar-refractivity contribution in [1.82, 2.24) is 4.98 Å². The van der Waals surface area contributed by atoms with Crippen LogP contribution < -0.4 is 5.32 Å². The lowest BCUT2D eigenvalue weighted by Crippen LogP contribution is -2.45. The third kappa shape index (κ3) is 2.63. The number of ether oxygens (including phenoxy) is 1. The number of rotatable bonds is 5. The second kappa shape index (κ2) is 5.20. The normalized spacial score (nSPS) is 16.2. The van der Waals surface area contributed by atoms with Crippen molar-refractivity contribution >= 4 is 11.5 Å². The monoisotopic (exact) mass is 262 g/mol. The average Bonchev–Trinajstić information content (AvgIpc) is 2.38. The maximum absolute atomic E-state index is 11.0. The summed E-state index contributed by atoms with van der Waals surface area (Å²) in [6.07, 6.45) is 4.27. The molecule has 0 radical (unpaired) electrons. The zero-order chi connectivity index (χ0) is 13.9. The summed E-state index contributed by atoms with van der Waals surface area (Å²) in [6, 6.07) is 3.05. The van der Waals surface area contributed by atoms with Crippen LogP contribution in [-0.4, -0.2) is 29.2 Å². The van der Waals surface area contributed by atoms with Gasteiger partial charge >= 0.3 is 5.69 Å². The second-order valence-electron chi connectivity index (χ2n) is 4.55. The number of nitrogens with zero attached hydrogens (tertiary/aromatic N) is 3. The number of hydrogen-bond donors (Lipinski definition) is 1. The SMILES string of the molecule is COC1(CNc2ncc(C#N)cc2[N+](=O)[O-])CCC1. The number of aromatic nitrogens is 1. The summed E-state index contributed by atoms with van der Waals surface area (Å²) in [5, 5.41) is 22.6. The first kappa shape index (κ1) is 13.2. The zero-order valence-electron chi connectivity index (χ0n) is 10.5. The molecule has 1 aliphatic rings. The molecule has 0 bridgehead atoms. The summed E-state index contributed by atoms with van der Waals surface area (Å²) in [5.74, 6) is 0.173. The first-order valence-electron chi connectivity index (χ1n) is 5.94. The number of nitriles is 1. The van der Waals surface area contributed by atoms with Gasteiger partial charge in [0.2, 0.25) is 5.82 Å². The molecule has 7 nitrogen and oxygen atoms in total. The molecule has 100 valence electrons. The number of anilines is 1. The van der Waals surface area contributed by atoms with E-state index < -0.39 is 4.92 Å². The maximum Gasteiger partial charge on any atom is 0.312 e. The molecule has 0 saturated heterocycles. The molecule has 0 spiro atoms. The van der Waals surface area contributed by atoms with Gasteiger partial charge in [0.25, 0.3) is 0 Å². The molecule has 1 aromatic heterocycles. The molecule has 0 aromatic carbocycles. The molecule has 1 aromatic rings. The first-order valence-corrected chi connectivity index (χ1v) is 5.94. The van der Waals surface area contributed by atoms with E-state index in [0.29, 0.717) is 6.54 Å². The lowest BCUT2D eigenvalue weighted by Gasteiger charge is -2.40. The van der Waals surface area contributed by atoms with Crippen molar-refractivity contribution in [3.8, 4) is 6.07 Å². The summed E-state index contributed by atoms with van der Waals surface area (Å²) in [6.45, 7) is 0.475. The minimum absolute atomic E-state index is 0.169. The van der Waals surface area contributed by atoms with Crippen LogP contribution in [0.4, 0.5) is 11.5 Å². The van der Waals surface area contributed by atoms with Crippen molar-refractivity contribution in [3.63, 3.8) is 0 Å². The Morgan fingerprint density at radius 2 is 2.42 bits per heavy atom. The zero-order valence-corrected chi connectivity index (χ0v) is 10.5. The van der Waals surface area contributed by atoms with E-state index in [0.717, 1.165) is 19.3 Å². The van der Waals surface area contributed by atoms with Gasteiger partial charge in [-0.25, -0.2) is 4.98 Å². The molecule has 0 atom stereocenters. The minimum atomic E-state index is -0.545. The van der Waals surface area contributed by atoms with Crippen LogP contribution in [-0.2, 0) is 4.74 Å². The van der Waals surface area contributed by atoms with Gasteiger partial charge in [0.05, 0.1) is 16.1 Å². The van der Waals surface area contributed by atoms with Crippen LogP contribution in [0.1, 0.15) is 24.8 Å². The van der Waals surface area contributed by atoms with Crippen LogP contribution in [0.25, 0.3) is 0 Å². The van der Waals surface area contributed by atoms with E-state index in [1.54, 1.807) is 7.11 Å². The van der Waals surface area contributed by atoms with Crippen LogP contribution in [0.15, 0.2) is 12.3 Å². The van der Waals surface area contributed by atoms with E-state index in [1.807, 2.05) is 6.07 Å². The Morgan fingerprint density at radius 1 is 1.68 bits per heavy atom. The van der Waals surface area contributed by atoms with Crippen LogP contribution in [0.5, 0.6) is 0 Å². The van der Waals surface area contributed by atoms with Crippen LogP contribution in [0.2, 0.25) is 0 Å². The third-order valence-electron chi connectivity index (χ3n) is 3.47. The van der Waals surface area contributed by atoms with Gasteiger partial charge in [-0.1, -0.05) is 0 Å². The molecular formula is C12H14N4O3. The van der Waals surface area contributed by atoms with E-state index in [-0.39, 0.29) is 22.7 Å². The highest BCUT2D eigenvalue weighted by atomic mass is 16.6. The smallest absolute Gasteiger partial charge is 0.312 e. The molecule has 19 heavy (non-hydrogen) atoms. The van der Waals surface area contributed by atoms with E-state index in [1.165, 1.54) is 12.3 Å². The Bertz CT molecular complexity index is 529. The highest BCUT2D eigenvalue weighted by Crippen LogP contribution is 2.35. The second-order valence-corrected chi connectivity index (χ2v) is 4.55. The van der Waals surface area contributed by atoms with Gasteiger partial charge in [-0.05, 0) is 19.3 Å². The average molecular weight is 262 g/mol. The third-order valence-corrected chi connectivity index (χ3v) is 3.47. The molecule has 7 heteroatoms. The highest BCUT2D eigenvalue weighted by Gasteiger charge is 2.37. The summed E-state index contributed by atoms with van der Waals surface area (Å²) in [7, 11) is 1.64. The Kier molecular flexibility index (Phi) is 3.62. The van der Waals surface area contributed by atoms with Gasteiger partial charge in [-0.15, -0.1) is 0 Å². The van der Waals surface area contributed by atoms with E-state index in [2.05, 4.69) is 10.3 Å². The lowest BCUT2D eigenvalue weighted by atomic mass is 9.80. The molecule has 0 unspecified atom stereocenters. The first-order chi connectivity index (χ1) is 9.10. The van der Waals surface area contributed by atoms with Gasteiger partial charge < -0.3 is 10.1 Å². The number of methoxy groups -OCH3 is 1. The van der Waals surface area contributed by atoms with Crippen molar-refractivity contribution in [3.05, 3.63) is 27.9 Å². The topological polar surface area (TPSA) is 101 Å². The van der Waals surface area contributed by atoms with E-state index in [9.17, 15) is 10.1 Å². The van der Waals surface area contributed by atoms with Crippen molar-refractivity contribution in [1.29, 1.82) is 5.26 Å². The van der Waals surface area contributed by atoms with Gasteiger partial charge in [0.1, 0.15) is 6.07 Å². The molecule has 1 aliphatic carbocycles. The fraction of sp³-hybridized carbons (Fsp3) is 0.500. The van der Waals surface area contributed by atoms with Crippen molar-refractivity contribution < 1.29 is 9.66 Å². The Balaban J connectivity index is 2.16. The van der Waals surface area contributed by atoms with Gasteiger partial charge in [-0.2, -0.15) is 5.26 Å². The molecule has 1 N–H and O–H groups in total. The molecule has 0 amide bonds. The van der Waals surface area contributed by atoms with Crippen molar-refractivity contribution in [2.24, 2.45) is 0 Å². The minimum Gasteiger partial charge on any atom is -0.376 e. The van der Waals surface area contributed by atoms with Crippen molar-refractivity contribution in [2.75, 3.05) is 19.0 Å². The molecule has 1 saturated carbocycles. The Hall–Kier alpha value is -2.20. The predicted molar refractivity (Wildman–Crippen MR) is 67.7 cm³/mol. The predicted octanol–water partition coefficient (Wildman–Crippen LogP) is 1.84. The van der Waals surface area contributed by atoms with Crippen LogP contribution in [0.3, 0.4) is 0 Å². The fourth-order valence-corrected chi connectivity index (χ4v) is 2.06. The maximum atomic E-state index is 11.0. The molecule has 1 fully saturated rings. The van der Waals surface area contributed by atoms with E-state index >= 15 is 0 Å². The number of pyridine rings is 1. The molecule has 0 aliphatic heterocycles. The number of hydrogen-bond acceptors (Lipinski definition) is 6. The molecule has 1 heterocycles. The Labute approximate surface area is 110 Å². The largest absolute Gasteiger partial charge is 0.376 e. The summed E-state index contributed by atoms with van der Waals surface area (Å²) in [5.41, 5.74) is -0.268. The van der Waals surface area contributed by atoms with Gasteiger partial charge in [-0.3, -0.25) is 10.1 Å². The summed E-state index contributed by atoms with van der Waals surface area (Å²) < 4.78 is 5.43. The standard InChI is InChI=1S/C12H14N4O3/c1-19-12(3-2-4-12)8-15-11-10(16(17)18)5-9(6-13)7-14-11/h5,7H,2-4,8H2,1H3,(H,14,15). The van der Waals surface area contributed by atoms with Crippen molar-refractivity contribution in [2.45, 2.75) is 24.9 Å². The lowest BCUT2D eigenvalue weighted by molar-refractivity contribution is -0.384. The quantitative estimate of drug-likeness (QED) is 0.641. The number of nitro groups is 1. The Morgan fingerprint density at radius 3 is 2.89 bits per heavy atom. The van der Waals surface area contributed by atoms with Crippen LogP contribution >= 0.6 is 0 Å². The van der Waals surface area contributed by atoms with Crippen LogP contribution in [0, 0.1) is 21.4 Å². The van der Waals surface area contributed by atoms with E-state index in [4.69, 9.17) is 10.00 Å². The summed E-state index contributed by atoms with van der Waals surface area (Å²) in [4.78, 5) is 14.3. The van der Waals surface area contributed by atoms with Gasteiger partial charge in [0, 0.05) is 25.9 Å². The fourth-order valence-electron chi connectivity index (χ4n) is 2.06. The molecule has 2 rings (SSSR count). The number of nitrogens with one attached hydrogen (secondary N) is 1. The summed E-state index contributed by atoms with van der Waals surface area (Å²) >= 11 is 0. The highest BCUT2D eigenvalue weighted by molar-refractivity contribution is 5.58.